The minimum atomic E-state index is -0.337. The minimum Gasteiger partial charge on any atom is -0.399 e. The summed E-state index contributed by atoms with van der Waals surface area (Å²) in [6.45, 7) is 2.70. The summed E-state index contributed by atoms with van der Waals surface area (Å²) in [5.41, 5.74) is 9.46. The Morgan fingerprint density at radius 3 is 2.52 bits per heavy atom. The van der Waals surface area contributed by atoms with Gasteiger partial charge in [0.25, 0.3) is 0 Å². The van der Waals surface area contributed by atoms with Crippen molar-refractivity contribution in [3.8, 4) is 17.3 Å². The molecule has 0 aliphatic heterocycles. The molecular weight excluding hydrogens is 265 g/mol. The van der Waals surface area contributed by atoms with E-state index in [0.29, 0.717) is 23.2 Å². The predicted molar refractivity (Wildman–Crippen MR) is 82.1 cm³/mol. The van der Waals surface area contributed by atoms with Crippen molar-refractivity contribution in [2.75, 3.05) is 5.73 Å². The van der Waals surface area contributed by atoms with Crippen molar-refractivity contribution in [1.29, 1.82) is 5.26 Å². The summed E-state index contributed by atoms with van der Waals surface area (Å²) in [4.78, 5) is 0. The van der Waals surface area contributed by atoms with E-state index in [4.69, 9.17) is 5.73 Å². The quantitative estimate of drug-likeness (QED) is 0.723. The van der Waals surface area contributed by atoms with Crippen LogP contribution >= 0.6 is 0 Å². The van der Waals surface area contributed by atoms with Crippen LogP contribution in [0.5, 0.6) is 0 Å². The molecule has 1 heterocycles. The highest BCUT2D eigenvalue weighted by Gasteiger charge is 2.18. The number of rotatable bonds is 2. The number of halogens is 1. The molecule has 0 fully saturated rings. The lowest BCUT2D eigenvalue weighted by atomic mass is 10.1. The van der Waals surface area contributed by atoms with Gasteiger partial charge in [0.15, 0.2) is 0 Å². The molecule has 2 aromatic carbocycles. The maximum atomic E-state index is 13.5. The molecule has 2 N–H and O–H groups in total. The zero-order valence-electron chi connectivity index (χ0n) is 11.6. The smallest absolute Gasteiger partial charge is 0.124 e. The first-order valence-electron chi connectivity index (χ1n) is 6.73. The second-order valence-electron chi connectivity index (χ2n) is 4.86. The van der Waals surface area contributed by atoms with Gasteiger partial charge >= 0.3 is 0 Å². The Bertz CT molecular complexity index is 854. The number of fused-ring (bicyclic) bond motifs is 1. The molecule has 0 bridgehead atoms. The predicted octanol–water partition coefficient (Wildman–Crippen LogP) is 3.92. The number of anilines is 1. The summed E-state index contributed by atoms with van der Waals surface area (Å²) in [5, 5.41) is 10.2. The summed E-state index contributed by atoms with van der Waals surface area (Å²) in [6.07, 6.45) is 0. The highest BCUT2D eigenvalue weighted by atomic mass is 19.1. The van der Waals surface area contributed by atoms with Gasteiger partial charge in [0.1, 0.15) is 11.9 Å². The standard InChI is InChI=1S/C17H14FN3/c1-2-21-16-8-5-12(18)9-14(16)15(10-19)17(21)11-3-6-13(20)7-4-11/h3-9H,2,20H2,1H3. The first-order valence-corrected chi connectivity index (χ1v) is 6.73. The van der Waals surface area contributed by atoms with E-state index in [1.165, 1.54) is 12.1 Å². The number of nitrogen functional groups attached to an aromatic ring is 1. The third-order valence-corrected chi connectivity index (χ3v) is 3.64. The van der Waals surface area contributed by atoms with Gasteiger partial charge in [0, 0.05) is 17.6 Å². The van der Waals surface area contributed by atoms with Gasteiger partial charge in [-0.15, -0.1) is 0 Å². The third kappa shape index (κ3) is 2.03. The molecule has 0 saturated carbocycles. The number of aryl methyl sites for hydroxylation is 1. The van der Waals surface area contributed by atoms with E-state index in [2.05, 4.69) is 6.07 Å². The van der Waals surface area contributed by atoms with Crippen molar-refractivity contribution in [2.45, 2.75) is 13.5 Å². The Labute approximate surface area is 122 Å². The van der Waals surface area contributed by atoms with Crippen molar-refractivity contribution in [3.63, 3.8) is 0 Å². The van der Waals surface area contributed by atoms with Crippen LogP contribution in [0.15, 0.2) is 42.5 Å². The molecule has 3 nitrogen and oxygen atoms in total. The van der Waals surface area contributed by atoms with Crippen LogP contribution in [0.4, 0.5) is 10.1 Å². The fourth-order valence-electron chi connectivity index (χ4n) is 2.71. The van der Waals surface area contributed by atoms with Crippen LogP contribution in [0.3, 0.4) is 0 Å². The minimum absolute atomic E-state index is 0.337. The van der Waals surface area contributed by atoms with Gasteiger partial charge in [-0.3, -0.25) is 0 Å². The molecule has 0 unspecified atom stereocenters. The summed E-state index contributed by atoms with van der Waals surface area (Å²) in [5.74, 6) is -0.337. The highest BCUT2D eigenvalue weighted by molar-refractivity contribution is 5.94. The van der Waals surface area contributed by atoms with Crippen LogP contribution in [-0.4, -0.2) is 4.57 Å². The highest BCUT2D eigenvalue weighted by Crippen LogP contribution is 2.34. The Morgan fingerprint density at radius 2 is 1.90 bits per heavy atom. The third-order valence-electron chi connectivity index (χ3n) is 3.64. The van der Waals surface area contributed by atoms with Crippen LogP contribution in [0, 0.1) is 17.1 Å². The van der Waals surface area contributed by atoms with E-state index in [1.54, 1.807) is 18.2 Å². The van der Waals surface area contributed by atoms with Gasteiger partial charge in [-0.1, -0.05) is 12.1 Å². The largest absolute Gasteiger partial charge is 0.399 e. The van der Waals surface area contributed by atoms with Crippen molar-refractivity contribution in [3.05, 3.63) is 53.8 Å². The molecule has 0 atom stereocenters. The molecule has 0 aliphatic carbocycles. The lowest BCUT2D eigenvalue weighted by molar-refractivity contribution is 0.629. The molecule has 3 aromatic rings. The first kappa shape index (κ1) is 13.2. The van der Waals surface area contributed by atoms with Crippen molar-refractivity contribution in [1.82, 2.24) is 4.57 Å². The number of nitrogens with zero attached hydrogens (tertiary/aromatic N) is 2. The topological polar surface area (TPSA) is 54.7 Å². The number of benzene rings is 2. The Balaban J connectivity index is 2.40. The Morgan fingerprint density at radius 1 is 1.19 bits per heavy atom. The van der Waals surface area contributed by atoms with Crippen molar-refractivity contribution >= 4 is 16.6 Å². The summed E-state index contributed by atoms with van der Waals surface area (Å²) < 4.78 is 15.5. The summed E-state index contributed by atoms with van der Waals surface area (Å²) in [7, 11) is 0. The maximum absolute atomic E-state index is 13.5. The van der Waals surface area contributed by atoms with Gasteiger partial charge in [-0.05, 0) is 42.8 Å². The second-order valence-corrected chi connectivity index (χ2v) is 4.86. The van der Waals surface area contributed by atoms with E-state index in [9.17, 15) is 9.65 Å². The summed E-state index contributed by atoms with van der Waals surface area (Å²) in [6, 6.07) is 14.1. The number of nitrogens with two attached hydrogens (primary N) is 1. The van der Waals surface area contributed by atoms with E-state index in [0.717, 1.165) is 16.8 Å². The lowest BCUT2D eigenvalue weighted by Gasteiger charge is -2.08. The van der Waals surface area contributed by atoms with Crippen LogP contribution in [0.1, 0.15) is 12.5 Å². The van der Waals surface area contributed by atoms with E-state index in [1.807, 2.05) is 23.6 Å². The Hall–Kier alpha value is -2.80. The molecule has 0 saturated heterocycles. The number of nitriles is 1. The SMILES string of the molecule is CCn1c(-c2ccc(N)cc2)c(C#N)c2cc(F)ccc21. The normalized spacial score (nSPS) is 10.7. The van der Waals surface area contributed by atoms with Crippen LogP contribution in [0.2, 0.25) is 0 Å². The van der Waals surface area contributed by atoms with Gasteiger partial charge in [0.2, 0.25) is 0 Å². The fourth-order valence-corrected chi connectivity index (χ4v) is 2.71. The molecule has 0 spiro atoms. The molecule has 104 valence electrons. The number of aromatic nitrogens is 1. The zero-order chi connectivity index (χ0) is 15.0. The van der Waals surface area contributed by atoms with E-state index >= 15 is 0 Å². The zero-order valence-corrected chi connectivity index (χ0v) is 11.6. The van der Waals surface area contributed by atoms with Crippen LogP contribution < -0.4 is 5.73 Å². The molecule has 0 aliphatic rings. The van der Waals surface area contributed by atoms with Crippen molar-refractivity contribution < 1.29 is 4.39 Å². The molecule has 4 heteroatoms. The summed E-state index contributed by atoms with van der Waals surface area (Å²) >= 11 is 0. The molecule has 3 rings (SSSR count). The van der Waals surface area contributed by atoms with E-state index < -0.39 is 0 Å². The number of hydrogen-bond donors (Lipinski definition) is 1. The van der Waals surface area contributed by atoms with Gasteiger partial charge in [0.05, 0.1) is 16.8 Å². The van der Waals surface area contributed by atoms with Crippen LogP contribution in [0.25, 0.3) is 22.2 Å². The average molecular weight is 279 g/mol. The lowest BCUT2D eigenvalue weighted by Crippen LogP contribution is -1.97. The molecule has 0 radical (unpaired) electrons. The number of hydrogen-bond acceptors (Lipinski definition) is 2. The molecule has 21 heavy (non-hydrogen) atoms. The van der Waals surface area contributed by atoms with E-state index in [-0.39, 0.29) is 5.82 Å². The van der Waals surface area contributed by atoms with Crippen molar-refractivity contribution in [2.24, 2.45) is 0 Å². The van der Waals surface area contributed by atoms with Gasteiger partial charge in [-0.25, -0.2) is 4.39 Å². The first-order chi connectivity index (χ1) is 10.2. The Kier molecular flexibility index (Phi) is 3.11. The van der Waals surface area contributed by atoms with Crippen LogP contribution in [-0.2, 0) is 6.54 Å². The fraction of sp³-hybridized carbons (Fsp3) is 0.118. The van der Waals surface area contributed by atoms with Gasteiger partial charge < -0.3 is 10.3 Å². The molecule has 0 amide bonds. The monoisotopic (exact) mass is 279 g/mol. The second kappa shape index (κ2) is 4.95. The maximum Gasteiger partial charge on any atom is 0.124 e. The molecular formula is C17H14FN3. The van der Waals surface area contributed by atoms with Gasteiger partial charge in [-0.2, -0.15) is 5.26 Å². The molecule has 1 aromatic heterocycles. The average Bonchev–Trinajstić information content (AvgIpc) is 2.80.